The van der Waals surface area contributed by atoms with Crippen LogP contribution in [0, 0.1) is 13.8 Å². The lowest BCUT2D eigenvalue weighted by Gasteiger charge is -2.36. The molecule has 0 spiro atoms. The summed E-state index contributed by atoms with van der Waals surface area (Å²) in [5, 5.41) is 17.4. The average molecular weight is 358 g/mol. The van der Waals surface area contributed by atoms with Crippen molar-refractivity contribution in [1.82, 2.24) is 9.78 Å². The third kappa shape index (κ3) is 3.53. The largest absolute Gasteiger partial charge is 0.506 e. The van der Waals surface area contributed by atoms with E-state index in [4.69, 9.17) is 0 Å². The van der Waals surface area contributed by atoms with Gasteiger partial charge in [-0.3, -0.25) is 9.48 Å². The third-order valence-electron chi connectivity index (χ3n) is 5.39. The molecule has 1 aliphatic rings. The van der Waals surface area contributed by atoms with E-state index in [0.717, 1.165) is 48.9 Å². The summed E-state index contributed by atoms with van der Waals surface area (Å²) in [5.41, 5.74) is 3.48. The lowest BCUT2D eigenvalue weighted by atomic mass is 10.2. The number of aryl methyl sites for hydroxylation is 2. The highest BCUT2D eigenvalue weighted by Gasteiger charge is 2.30. The van der Waals surface area contributed by atoms with Crippen LogP contribution in [0.15, 0.2) is 24.3 Å². The van der Waals surface area contributed by atoms with Gasteiger partial charge in [-0.1, -0.05) is 12.1 Å². The zero-order valence-electron chi connectivity index (χ0n) is 15.9. The molecule has 1 aromatic carbocycles. The maximum Gasteiger partial charge on any atom is 0.282 e. The molecule has 1 aliphatic heterocycles. The lowest BCUT2D eigenvalue weighted by Crippen LogP contribution is -3.19. The number of rotatable bonds is 4. The number of phenolic OH excluding ortho intramolecular Hbond substituents is 1. The van der Waals surface area contributed by atoms with Gasteiger partial charge in [0, 0.05) is 7.05 Å². The van der Waals surface area contributed by atoms with Gasteiger partial charge >= 0.3 is 0 Å². The van der Waals surface area contributed by atoms with Crippen molar-refractivity contribution in [3.63, 3.8) is 0 Å². The Morgan fingerprint density at radius 3 is 2.50 bits per heavy atom. The fraction of sp³-hybridized carbons (Fsp3) is 0.474. The maximum atomic E-state index is 12.7. The molecule has 0 saturated carbocycles. The second-order valence-corrected chi connectivity index (χ2v) is 7.01. The summed E-state index contributed by atoms with van der Waals surface area (Å²) >= 11 is 0. The zero-order chi connectivity index (χ0) is 18.8. The van der Waals surface area contributed by atoms with Gasteiger partial charge in [0.15, 0.2) is 6.04 Å². The molecule has 1 fully saturated rings. The number of hydrogen-bond acceptors (Lipinski definition) is 4. The summed E-state index contributed by atoms with van der Waals surface area (Å²) in [6.45, 7) is 9.18. The number of carbonyl (C=O) groups is 1. The van der Waals surface area contributed by atoms with Crippen LogP contribution >= 0.6 is 0 Å². The van der Waals surface area contributed by atoms with E-state index in [1.54, 1.807) is 10.7 Å². The van der Waals surface area contributed by atoms with Crippen LogP contribution < -0.4 is 15.1 Å². The fourth-order valence-corrected chi connectivity index (χ4v) is 3.57. The van der Waals surface area contributed by atoms with Crippen LogP contribution in [-0.2, 0) is 11.8 Å². The number of hydrogen-bond donors (Lipinski definition) is 3. The van der Waals surface area contributed by atoms with E-state index >= 15 is 0 Å². The van der Waals surface area contributed by atoms with Crippen molar-refractivity contribution in [3.05, 3.63) is 35.7 Å². The molecular formula is C19H28N5O2+. The minimum absolute atomic E-state index is 0.0233. The van der Waals surface area contributed by atoms with Crippen molar-refractivity contribution in [2.24, 2.45) is 7.05 Å². The SMILES string of the molecule is Cc1nn(C)c(C)c1NC(=O)[C@@H](C)[NH+]1CCN(c2ccccc2O)CC1. The number of aromatic hydroxyl groups is 1. The molecule has 0 radical (unpaired) electrons. The van der Waals surface area contributed by atoms with E-state index in [1.807, 2.05) is 46.0 Å². The number of nitrogens with zero attached hydrogens (tertiary/aromatic N) is 3. The van der Waals surface area contributed by atoms with Crippen molar-refractivity contribution in [1.29, 1.82) is 0 Å². The van der Waals surface area contributed by atoms with Gasteiger partial charge in [-0.05, 0) is 32.9 Å². The summed E-state index contributed by atoms with van der Waals surface area (Å²) in [6.07, 6.45) is 0. The van der Waals surface area contributed by atoms with Crippen LogP contribution in [0.3, 0.4) is 0 Å². The molecule has 1 saturated heterocycles. The molecule has 3 N–H and O–H groups in total. The van der Waals surface area contributed by atoms with E-state index < -0.39 is 0 Å². The normalized spacial score (nSPS) is 16.5. The van der Waals surface area contributed by atoms with Gasteiger partial charge < -0.3 is 20.2 Å². The van der Waals surface area contributed by atoms with E-state index in [0.29, 0.717) is 5.75 Å². The molecular weight excluding hydrogens is 330 g/mol. The van der Waals surface area contributed by atoms with Gasteiger partial charge in [-0.25, -0.2) is 0 Å². The number of aromatic nitrogens is 2. The molecule has 1 atom stereocenters. The molecule has 7 heteroatoms. The molecule has 140 valence electrons. The Morgan fingerprint density at radius 1 is 1.27 bits per heavy atom. The van der Waals surface area contributed by atoms with Crippen LogP contribution in [0.25, 0.3) is 0 Å². The Balaban J connectivity index is 1.60. The predicted octanol–water partition coefficient (Wildman–Crippen LogP) is 0.475. The van der Waals surface area contributed by atoms with Gasteiger partial charge in [0.25, 0.3) is 5.91 Å². The molecule has 0 unspecified atom stereocenters. The monoisotopic (exact) mass is 358 g/mol. The van der Waals surface area contributed by atoms with Gasteiger partial charge in [0.1, 0.15) is 5.75 Å². The average Bonchev–Trinajstić information content (AvgIpc) is 2.88. The van der Waals surface area contributed by atoms with Crippen molar-refractivity contribution < 1.29 is 14.8 Å². The van der Waals surface area contributed by atoms with Crippen molar-refractivity contribution in [2.45, 2.75) is 26.8 Å². The van der Waals surface area contributed by atoms with E-state index in [-0.39, 0.29) is 11.9 Å². The quantitative estimate of drug-likeness (QED) is 0.743. The molecule has 26 heavy (non-hydrogen) atoms. The smallest absolute Gasteiger partial charge is 0.282 e. The first-order valence-corrected chi connectivity index (χ1v) is 9.07. The summed E-state index contributed by atoms with van der Waals surface area (Å²) in [7, 11) is 1.88. The summed E-state index contributed by atoms with van der Waals surface area (Å²) < 4.78 is 1.79. The zero-order valence-corrected chi connectivity index (χ0v) is 15.9. The number of quaternary nitrogens is 1. The summed E-state index contributed by atoms with van der Waals surface area (Å²) in [5.74, 6) is 0.333. The van der Waals surface area contributed by atoms with Gasteiger partial charge in [0.2, 0.25) is 0 Å². The predicted molar refractivity (Wildman–Crippen MR) is 102 cm³/mol. The number of phenols is 1. The number of benzene rings is 1. The highest BCUT2D eigenvalue weighted by Crippen LogP contribution is 2.26. The minimum atomic E-state index is -0.138. The van der Waals surface area contributed by atoms with Crippen LogP contribution in [0.2, 0.25) is 0 Å². The Hall–Kier alpha value is -2.54. The number of amides is 1. The Morgan fingerprint density at radius 2 is 1.92 bits per heavy atom. The van der Waals surface area contributed by atoms with E-state index in [1.165, 1.54) is 4.90 Å². The molecule has 2 aromatic rings. The lowest BCUT2D eigenvalue weighted by molar-refractivity contribution is -0.914. The Kier molecular flexibility index (Phi) is 5.18. The second kappa shape index (κ2) is 7.37. The van der Waals surface area contributed by atoms with Crippen molar-refractivity contribution in [3.8, 4) is 5.75 Å². The van der Waals surface area contributed by atoms with Crippen molar-refractivity contribution in [2.75, 3.05) is 36.4 Å². The Bertz CT molecular complexity index is 793. The van der Waals surface area contributed by atoms with Gasteiger partial charge in [-0.15, -0.1) is 0 Å². The maximum absolute atomic E-state index is 12.7. The molecule has 1 amide bonds. The first-order valence-electron chi connectivity index (χ1n) is 9.07. The Labute approximate surface area is 154 Å². The molecule has 0 aliphatic carbocycles. The number of piperazine rings is 1. The van der Waals surface area contributed by atoms with Crippen LogP contribution in [0.5, 0.6) is 5.75 Å². The fourth-order valence-electron chi connectivity index (χ4n) is 3.57. The highest BCUT2D eigenvalue weighted by molar-refractivity contribution is 5.94. The molecule has 3 rings (SSSR count). The number of para-hydroxylation sites is 2. The first-order chi connectivity index (χ1) is 12.4. The second-order valence-electron chi connectivity index (χ2n) is 7.01. The van der Waals surface area contributed by atoms with Gasteiger partial charge in [-0.2, -0.15) is 5.10 Å². The third-order valence-corrected chi connectivity index (χ3v) is 5.39. The standard InChI is InChI=1S/C19H27N5O2/c1-13-18(14(2)22(4)21-13)20-19(26)15(3)23-9-11-24(12-10-23)16-7-5-6-8-17(16)25/h5-8,15,25H,9-12H2,1-4H3,(H,20,26)/p+1/t15-/m1/s1. The van der Waals surface area contributed by atoms with Crippen molar-refractivity contribution >= 4 is 17.3 Å². The van der Waals surface area contributed by atoms with Gasteiger partial charge in [0.05, 0.1) is 48.9 Å². The summed E-state index contributed by atoms with van der Waals surface area (Å²) in [4.78, 5) is 16.1. The first kappa shape index (κ1) is 18.3. The molecule has 7 nitrogen and oxygen atoms in total. The van der Waals surface area contributed by atoms with Crippen LogP contribution in [0.4, 0.5) is 11.4 Å². The molecule has 2 heterocycles. The highest BCUT2D eigenvalue weighted by atomic mass is 16.3. The topological polar surface area (TPSA) is 74.8 Å². The molecule has 1 aromatic heterocycles. The number of anilines is 2. The minimum Gasteiger partial charge on any atom is -0.506 e. The molecule has 0 bridgehead atoms. The summed E-state index contributed by atoms with van der Waals surface area (Å²) in [6, 6.07) is 7.27. The van der Waals surface area contributed by atoms with E-state index in [2.05, 4.69) is 15.3 Å². The van der Waals surface area contributed by atoms with Crippen LogP contribution in [0.1, 0.15) is 18.3 Å². The number of carbonyl (C=O) groups excluding carboxylic acids is 1. The van der Waals surface area contributed by atoms with Crippen LogP contribution in [-0.4, -0.2) is 53.0 Å². The van der Waals surface area contributed by atoms with E-state index in [9.17, 15) is 9.90 Å². The number of nitrogens with one attached hydrogen (secondary N) is 2.